The summed E-state index contributed by atoms with van der Waals surface area (Å²) in [4.78, 5) is 0.0245. The van der Waals surface area contributed by atoms with Crippen LogP contribution in [0.15, 0.2) is 41.3 Å². The van der Waals surface area contributed by atoms with Gasteiger partial charge in [0.25, 0.3) is 0 Å². The Balaban J connectivity index is 2.51. The first-order valence-corrected chi connectivity index (χ1v) is 7.80. The Hall–Kier alpha value is -2.08. The normalized spacial score (nSPS) is 11.3. The molecule has 0 amide bonds. The fraction of sp³-hybridized carbons (Fsp3) is 0.143. The van der Waals surface area contributed by atoms with Gasteiger partial charge in [0.15, 0.2) is 9.84 Å². The minimum atomic E-state index is -3.43. The van der Waals surface area contributed by atoms with E-state index >= 15 is 0 Å². The van der Waals surface area contributed by atoms with E-state index in [2.05, 4.69) is 5.32 Å². The Bertz CT molecular complexity index is 738. The molecule has 20 heavy (non-hydrogen) atoms. The maximum Gasteiger partial charge on any atom is 0.177 e. The molecule has 0 saturated heterocycles. The summed E-state index contributed by atoms with van der Waals surface area (Å²) < 4.78 is 37.0. The van der Waals surface area contributed by atoms with Gasteiger partial charge < -0.3 is 11.1 Å². The molecule has 3 N–H and O–H groups in total. The van der Waals surface area contributed by atoms with E-state index < -0.39 is 15.7 Å². The summed E-state index contributed by atoms with van der Waals surface area (Å²) in [6.07, 6.45) is 1.08. The van der Waals surface area contributed by atoms with Gasteiger partial charge in [-0.25, -0.2) is 12.8 Å². The lowest BCUT2D eigenvalue weighted by atomic mass is 10.1. The molecule has 106 valence electrons. The first-order valence-electron chi connectivity index (χ1n) is 5.91. The third kappa shape index (κ3) is 2.75. The summed E-state index contributed by atoms with van der Waals surface area (Å²) in [6, 6.07) is 9.27. The zero-order chi connectivity index (χ0) is 14.9. The van der Waals surface area contributed by atoms with Crippen LogP contribution in [0.4, 0.5) is 21.5 Å². The highest BCUT2D eigenvalue weighted by atomic mass is 32.2. The lowest BCUT2D eigenvalue weighted by molar-refractivity contribution is 0.602. The number of rotatable bonds is 3. The monoisotopic (exact) mass is 294 g/mol. The molecule has 0 unspecified atom stereocenters. The van der Waals surface area contributed by atoms with Crippen LogP contribution in [0.3, 0.4) is 0 Å². The third-order valence-electron chi connectivity index (χ3n) is 2.95. The summed E-state index contributed by atoms with van der Waals surface area (Å²) in [5.41, 5.74) is 7.28. The number of hydrogen-bond acceptors (Lipinski definition) is 4. The average molecular weight is 294 g/mol. The fourth-order valence-electron chi connectivity index (χ4n) is 1.90. The van der Waals surface area contributed by atoms with E-state index in [1.165, 1.54) is 12.1 Å². The summed E-state index contributed by atoms with van der Waals surface area (Å²) in [7, 11) is -3.43. The second kappa shape index (κ2) is 5.13. The molecule has 0 aliphatic heterocycles. The maximum absolute atomic E-state index is 13.8. The van der Waals surface area contributed by atoms with Crippen molar-refractivity contribution in [2.75, 3.05) is 17.3 Å². The van der Waals surface area contributed by atoms with Gasteiger partial charge in [0.2, 0.25) is 0 Å². The zero-order valence-corrected chi connectivity index (χ0v) is 12.0. The topological polar surface area (TPSA) is 72.2 Å². The van der Waals surface area contributed by atoms with Crippen molar-refractivity contribution < 1.29 is 12.8 Å². The standard InChI is InChI=1S/C14H15FN2O2S/c1-9-5-3-6-10(15)14(9)17-11-7-4-8-12(13(11)16)20(2,18)19/h3-8,17H,16H2,1-2H3. The van der Waals surface area contributed by atoms with Crippen molar-refractivity contribution >= 4 is 26.9 Å². The fourth-order valence-corrected chi connectivity index (χ4v) is 2.74. The van der Waals surface area contributed by atoms with E-state index in [1.54, 1.807) is 31.2 Å². The molecule has 0 heterocycles. The van der Waals surface area contributed by atoms with E-state index in [4.69, 9.17) is 5.73 Å². The predicted octanol–water partition coefficient (Wildman–Crippen LogP) is 2.86. The summed E-state index contributed by atoms with van der Waals surface area (Å²) in [5, 5.41) is 2.86. The molecule has 0 radical (unpaired) electrons. The van der Waals surface area contributed by atoms with E-state index in [-0.39, 0.29) is 16.3 Å². The van der Waals surface area contributed by atoms with E-state index in [1.807, 2.05) is 0 Å². The Labute approximate surface area is 117 Å². The molecule has 0 fully saturated rings. The molecule has 0 aliphatic rings. The molecule has 0 aromatic heterocycles. The van der Waals surface area contributed by atoms with Crippen molar-refractivity contribution in [3.05, 3.63) is 47.8 Å². The second-order valence-corrected chi connectivity index (χ2v) is 6.53. The van der Waals surface area contributed by atoms with Crippen LogP contribution in [-0.2, 0) is 9.84 Å². The molecule has 2 aromatic carbocycles. The number of nitrogens with two attached hydrogens (primary N) is 1. The minimum Gasteiger partial charge on any atom is -0.396 e. The molecular formula is C14H15FN2O2S. The van der Waals surface area contributed by atoms with Crippen LogP contribution in [0.2, 0.25) is 0 Å². The molecule has 0 spiro atoms. The molecule has 0 bridgehead atoms. The molecule has 2 rings (SSSR count). The van der Waals surface area contributed by atoms with Crippen LogP contribution in [0, 0.1) is 12.7 Å². The van der Waals surface area contributed by atoms with Gasteiger partial charge in [-0.2, -0.15) is 0 Å². The number of nitrogens with one attached hydrogen (secondary N) is 1. The van der Waals surface area contributed by atoms with Gasteiger partial charge in [0, 0.05) is 6.26 Å². The van der Waals surface area contributed by atoms with Crippen LogP contribution in [0.1, 0.15) is 5.56 Å². The number of benzene rings is 2. The largest absolute Gasteiger partial charge is 0.396 e. The molecule has 2 aromatic rings. The predicted molar refractivity (Wildman–Crippen MR) is 78.4 cm³/mol. The summed E-state index contributed by atoms with van der Waals surface area (Å²) >= 11 is 0. The van der Waals surface area contributed by atoms with Gasteiger partial charge in [0.05, 0.1) is 22.0 Å². The number of hydrogen-bond donors (Lipinski definition) is 2. The van der Waals surface area contributed by atoms with Crippen LogP contribution in [0.5, 0.6) is 0 Å². The number of nitrogen functional groups attached to an aromatic ring is 1. The van der Waals surface area contributed by atoms with Gasteiger partial charge >= 0.3 is 0 Å². The number of para-hydroxylation sites is 2. The van der Waals surface area contributed by atoms with Crippen molar-refractivity contribution in [3.63, 3.8) is 0 Å². The maximum atomic E-state index is 13.8. The highest BCUT2D eigenvalue weighted by Crippen LogP contribution is 2.31. The van der Waals surface area contributed by atoms with Crippen LogP contribution in [-0.4, -0.2) is 14.7 Å². The van der Waals surface area contributed by atoms with E-state index in [0.717, 1.165) is 6.26 Å². The molecular weight excluding hydrogens is 279 g/mol. The van der Waals surface area contributed by atoms with Crippen LogP contribution in [0.25, 0.3) is 0 Å². The molecule has 0 saturated carbocycles. The van der Waals surface area contributed by atoms with Crippen molar-refractivity contribution in [1.82, 2.24) is 0 Å². The average Bonchev–Trinajstić information content (AvgIpc) is 2.34. The van der Waals surface area contributed by atoms with Crippen molar-refractivity contribution in [2.24, 2.45) is 0 Å². The highest BCUT2D eigenvalue weighted by Gasteiger charge is 2.15. The first-order chi connectivity index (χ1) is 9.30. The lowest BCUT2D eigenvalue weighted by Crippen LogP contribution is -2.06. The van der Waals surface area contributed by atoms with Crippen LogP contribution >= 0.6 is 0 Å². The SMILES string of the molecule is Cc1cccc(F)c1Nc1cccc(S(C)(=O)=O)c1N. The minimum absolute atomic E-state index is 0.0245. The number of anilines is 3. The second-order valence-electron chi connectivity index (χ2n) is 4.55. The first kappa shape index (κ1) is 14.3. The Kier molecular flexibility index (Phi) is 3.67. The Morgan fingerprint density at radius 2 is 1.80 bits per heavy atom. The number of aryl methyl sites for hydroxylation is 1. The van der Waals surface area contributed by atoms with Gasteiger partial charge in [-0.05, 0) is 30.7 Å². The van der Waals surface area contributed by atoms with E-state index in [9.17, 15) is 12.8 Å². The van der Waals surface area contributed by atoms with Crippen molar-refractivity contribution in [2.45, 2.75) is 11.8 Å². The zero-order valence-electron chi connectivity index (χ0n) is 11.1. The highest BCUT2D eigenvalue weighted by molar-refractivity contribution is 7.90. The smallest absolute Gasteiger partial charge is 0.177 e. The van der Waals surface area contributed by atoms with Crippen LogP contribution < -0.4 is 11.1 Å². The van der Waals surface area contributed by atoms with Gasteiger partial charge in [0.1, 0.15) is 5.82 Å². The number of sulfone groups is 1. The summed E-state index contributed by atoms with van der Waals surface area (Å²) in [5.74, 6) is -0.422. The quantitative estimate of drug-likeness (QED) is 0.854. The lowest BCUT2D eigenvalue weighted by Gasteiger charge is -2.14. The molecule has 6 heteroatoms. The van der Waals surface area contributed by atoms with Gasteiger partial charge in [-0.1, -0.05) is 18.2 Å². The van der Waals surface area contributed by atoms with E-state index in [0.29, 0.717) is 11.3 Å². The molecule has 0 atom stereocenters. The Morgan fingerprint density at radius 1 is 1.15 bits per heavy atom. The van der Waals surface area contributed by atoms with Gasteiger partial charge in [-0.3, -0.25) is 0 Å². The van der Waals surface area contributed by atoms with Crippen molar-refractivity contribution in [1.29, 1.82) is 0 Å². The van der Waals surface area contributed by atoms with Crippen molar-refractivity contribution in [3.8, 4) is 0 Å². The number of halogens is 1. The molecule has 0 aliphatic carbocycles. The summed E-state index contributed by atoms with van der Waals surface area (Å²) in [6.45, 7) is 1.75. The molecule has 4 nitrogen and oxygen atoms in total. The third-order valence-corrected chi connectivity index (χ3v) is 4.10. The Morgan fingerprint density at radius 3 is 2.40 bits per heavy atom. The van der Waals surface area contributed by atoms with Gasteiger partial charge in [-0.15, -0.1) is 0 Å².